The second-order valence-electron chi connectivity index (χ2n) is 4.22. The molecule has 0 amide bonds. The topological polar surface area (TPSA) is 15.3 Å². The monoisotopic (exact) mass is 318 g/mol. The van der Waals surface area contributed by atoms with E-state index < -0.39 is 0 Å². The third-order valence-corrected chi connectivity index (χ3v) is 3.41. The van der Waals surface area contributed by atoms with Crippen LogP contribution in [0.3, 0.4) is 0 Å². The van der Waals surface area contributed by atoms with E-state index in [1.165, 1.54) is 12.0 Å². The van der Waals surface area contributed by atoms with Gasteiger partial charge in [0, 0.05) is 29.1 Å². The third-order valence-electron chi connectivity index (χ3n) is 2.55. The Labute approximate surface area is 117 Å². The van der Waals surface area contributed by atoms with Crippen LogP contribution in [0.2, 0.25) is 5.02 Å². The molecule has 0 atom stereocenters. The fraction of sp³-hybridized carbons (Fsp3) is 0.538. The SMILES string of the molecule is CCCNCCN(C)Cc1cc(Br)ccc1Cl. The van der Waals surface area contributed by atoms with Crippen LogP contribution < -0.4 is 5.32 Å². The van der Waals surface area contributed by atoms with Gasteiger partial charge in [0.25, 0.3) is 0 Å². The van der Waals surface area contributed by atoms with Gasteiger partial charge in [0.05, 0.1) is 0 Å². The van der Waals surface area contributed by atoms with E-state index in [0.29, 0.717) is 0 Å². The summed E-state index contributed by atoms with van der Waals surface area (Å²) < 4.78 is 1.08. The molecule has 0 heterocycles. The van der Waals surface area contributed by atoms with Crippen LogP contribution in [0.5, 0.6) is 0 Å². The highest BCUT2D eigenvalue weighted by Gasteiger charge is 2.04. The normalized spacial score (nSPS) is 11.1. The van der Waals surface area contributed by atoms with Gasteiger partial charge in [-0.1, -0.05) is 34.5 Å². The summed E-state index contributed by atoms with van der Waals surface area (Å²) in [5.41, 5.74) is 1.17. The van der Waals surface area contributed by atoms with E-state index in [-0.39, 0.29) is 0 Å². The zero-order valence-corrected chi connectivity index (χ0v) is 12.8. The van der Waals surface area contributed by atoms with Crippen molar-refractivity contribution in [3.8, 4) is 0 Å². The molecule has 1 aromatic carbocycles. The molecule has 1 aromatic rings. The van der Waals surface area contributed by atoms with Crippen LogP contribution in [-0.2, 0) is 6.54 Å². The Hall–Kier alpha value is -0.0900. The van der Waals surface area contributed by atoms with E-state index in [9.17, 15) is 0 Å². The quantitative estimate of drug-likeness (QED) is 0.773. The summed E-state index contributed by atoms with van der Waals surface area (Å²) in [4.78, 5) is 2.27. The molecule has 0 radical (unpaired) electrons. The Morgan fingerprint density at radius 1 is 1.35 bits per heavy atom. The van der Waals surface area contributed by atoms with E-state index >= 15 is 0 Å². The molecule has 1 rings (SSSR count). The summed E-state index contributed by atoms with van der Waals surface area (Å²) in [6.45, 7) is 6.20. The van der Waals surface area contributed by atoms with Crippen LogP contribution >= 0.6 is 27.5 Å². The average Bonchev–Trinajstić information content (AvgIpc) is 2.29. The molecule has 96 valence electrons. The molecule has 0 spiro atoms. The molecule has 2 nitrogen and oxygen atoms in total. The number of nitrogens with zero attached hydrogens (tertiary/aromatic N) is 1. The number of halogens is 2. The van der Waals surface area contributed by atoms with Crippen molar-refractivity contribution in [2.75, 3.05) is 26.7 Å². The lowest BCUT2D eigenvalue weighted by molar-refractivity contribution is 0.324. The number of hydrogen-bond acceptors (Lipinski definition) is 2. The molecule has 0 saturated heterocycles. The largest absolute Gasteiger partial charge is 0.315 e. The van der Waals surface area contributed by atoms with E-state index in [1.54, 1.807) is 0 Å². The maximum Gasteiger partial charge on any atom is 0.0451 e. The number of hydrogen-bond donors (Lipinski definition) is 1. The first-order valence-electron chi connectivity index (χ1n) is 5.96. The second kappa shape index (κ2) is 8.09. The van der Waals surface area contributed by atoms with Crippen LogP contribution in [0.4, 0.5) is 0 Å². The lowest BCUT2D eigenvalue weighted by atomic mass is 10.2. The van der Waals surface area contributed by atoms with Gasteiger partial charge in [-0.2, -0.15) is 0 Å². The number of rotatable bonds is 7. The Bertz CT molecular complexity index is 344. The van der Waals surface area contributed by atoms with E-state index in [4.69, 9.17) is 11.6 Å². The summed E-state index contributed by atoms with van der Waals surface area (Å²) in [5.74, 6) is 0. The number of benzene rings is 1. The van der Waals surface area contributed by atoms with E-state index in [1.807, 2.05) is 12.1 Å². The molecule has 0 aromatic heterocycles. The van der Waals surface area contributed by atoms with Crippen molar-refractivity contribution in [2.45, 2.75) is 19.9 Å². The Morgan fingerprint density at radius 3 is 2.82 bits per heavy atom. The van der Waals surface area contributed by atoms with Gasteiger partial charge in [-0.25, -0.2) is 0 Å². The smallest absolute Gasteiger partial charge is 0.0451 e. The van der Waals surface area contributed by atoms with Crippen molar-refractivity contribution < 1.29 is 0 Å². The number of likely N-dealkylation sites (N-methyl/N-ethyl adjacent to an activating group) is 1. The zero-order chi connectivity index (χ0) is 12.7. The van der Waals surface area contributed by atoms with E-state index in [0.717, 1.165) is 35.7 Å². The predicted octanol–water partition coefficient (Wildman–Crippen LogP) is 3.53. The van der Waals surface area contributed by atoms with Gasteiger partial charge in [0.15, 0.2) is 0 Å². The molecular formula is C13H20BrClN2. The summed E-state index contributed by atoms with van der Waals surface area (Å²) in [7, 11) is 2.12. The van der Waals surface area contributed by atoms with Gasteiger partial charge in [0.2, 0.25) is 0 Å². The maximum atomic E-state index is 6.16. The van der Waals surface area contributed by atoms with Crippen LogP contribution in [-0.4, -0.2) is 31.6 Å². The maximum absolute atomic E-state index is 6.16. The predicted molar refractivity (Wildman–Crippen MR) is 78.6 cm³/mol. The molecule has 17 heavy (non-hydrogen) atoms. The van der Waals surface area contributed by atoms with Gasteiger partial charge < -0.3 is 10.2 Å². The van der Waals surface area contributed by atoms with Crippen molar-refractivity contribution in [3.63, 3.8) is 0 Å². The van der Waals surface area contributed by atoms with Gasteiger partial charge in [-0.05, 0) is 43.8 Å². The lowest BCUT2D eigenvalue weighted by Gasteiger charge is -2.18. The van der Waals surface area contributed by atoms with Crippen molar-refractivity contribution in [1.82, 2.24) is 10.2 Å². The highest BCUT2D eigenvalue weighted by Crippen LogP contribution is 2.21. The first kappa shape index (κ1) is 15.0. The van der Waals surface area contributed by atoms with Gasteiger partial charge in [0.1, 0.15) is 0 Å². The Kier molecular flexibility index (Phi) is 7.12. The Balaban J connectivity index is 2.39. The van der Waals surface area contributed by atoms with Crippen molar-refractivity contribution in [1.29, 1.82) is 0 Å². The minimum absolute atomic E-state index is 0.835. The molecule has 0 fully saturated rings. The summed E-state index contributed by atoms with van der Waals surface area (Å²) in [6, 6.07) is 5.98. The average molecular weight is 320 g/mol. The van der Waals surface area contributed by atoms with Crippen molar-refractivity contribution in [2.24, 2.45) is 0 Å². The fourth-order valence-corrected chi connectivity index (χ4v) is 2.19. The van der Waals surface area contributed by atoms with Crippen LogP contribution in [0.25, 0.3) is 0 Å². The molecular weight excluding hydrogens is 300 g/mol. The Morgan fingerprint density at radius 2 is 2.12 bits per heavy atom. The minimum Gasteiger partial charge on any atom is -0.315 e. The first-order chi connectivity index (χ1) is 8.13. The summed E-state index contributed by atoms with van der Waals surface area (Å²) in [5, 5.41) is 4.23. The molecule has 0 aliphatic carbocycles. The fourth-order valence-electron chi connectivity index (χ4n) is 1.61. The highest BCUT2D eigenvalue weighted by molar-refractivity contribution is 9.10. The number of nitrogens with one attached hydrogen (secondary N) is 1. The summed E-state index contributed by atoms with van der Waals surface area (Å²) >= 11 is 9.63. The van der Waals surface area contributed by atoms with Crippen LogP contribution in [0.1, 0.15) is 18.9 Å². The molecule has 0 unspecified atom stereocenters. The third kappa shape index (κ3) is 5.87. The highest BCUT2D eigenvalue weighted by atomic mass is 79.9. The van der Waals surface area contributed by atoms with Crippen LogP contribution in [0, 0.1) is 0 Å². The molecule has 0 bridgehead atoms. The van der Waals surface area contributed by atoms with E-state index in [2.05, 4.69) is 46.2 Å². The molecule has 0 saturated carbocycles. The lowest BCUT2D eigenvalue weighted by Crippen LogP contribution is -2.29. The standard InChI is InChI=1S/C13H20BrClN2/c1-3-6-16-7-8-17(2)10-11-9-12(14)4-5-13(11)15/h4-5,9,16H,3,6-8,10H2,1-2H3. The van der Waals surface area contributed by atoms with Crippen LogP contribution in [0.15, 0.2) is 22.7 Å². The van der Waals surface area contributed by atoms with Gasteiger partial charge in [-0.3, -0.25) is 0 Å². The molecule has 0 aliphatic rings. The molecule has 4 heteroatoms. The second-order valence-corrected chi connectivity index (χ2v) is 5.55. The van der Waals surface area contributed by atoms with Gasteiger partial charge in [-0.15, -0.1) is 0 Å². The molecule has 1 N–H and O–H groups in total. The first-order valence-corrected chi connectivity index (χ1v) is 7.13. The van der Waals surface area contributed by atoms with Crippen molar-refractivity contribution in [3.05, 3.63) is 33.3 Å². The minimum atomic E-state index is 0.835. The summed E-state index contributed by atoms with van der Waals surface area (Å²) in [6.07, 6.45) is 1.18. The zero-order valence-electron chi connectivity index (χ0n) is 10.5. The van der Waals surface area contributed by atoms with Gasteiger partial charge >= 0.3 is 0 Å². The molecule has 0 aliphatic heterocycles. The van der Waals surface area contributed by atoms with Crippen molar-refractivity contribution >= 4 is 27.5 Å².